The Morgan fingerprint density at radius 1 is 1.24 bits per heavy atom. The molecule has 1 aromatic carbocycles. The summed E-state index contributed by atoms with van der Waals surface area (Å²) < 4.78 is 8.62. The number of aliphatic hydroxyl groups is 1. The molecule has 0 aliphatic heterocycles. The van der Waals surface area contributed by atoms with E-state index in [1.807, 2.05) is 41.1 Å². The summed E-state index contributed by atoms with van der Waals surface area (Å²) in [4.78, 5) is 4.11. The smallest absolute Gasteiger partial charge is 0.137 e. The normalized spacial score (nSPS) is 23.7. The largest absolute Gasteiger partial charge is 0.488 e. The van der Waals surface area contributed by atoms with Crippen LogP contribution in [0.1, 0.15) is 25.3 Å². The van der Waals surface area contributed by atoms with Crippen LogP contribution in [0.15, 0.2) is 47.2 Å². The van der Waals surface area contributed by atoms with Gasteiger partial charge in [-0.2, -0.15) is 5.10 Å². The minimum absolute atomic E-state index is 0.0953. The van der Waals surface area contributed by atoms with Crippen LogP contribution < -0.4 is 4.74 Å². The van der Waals surface area contributed by atoms with Gasteiger partial charge in [0.1, 0.15) is 21.6 Å². The molecule has 7 heteroatoms. The Bertz CT molecular complexity index is 887. The lowest BCUT2D eigenvalue weighted by Gasteiger charge is -2.33. The van der Waals surface area contributed by atoms with Crippen LogP contribution >= 0.6 is 27.5 Å². The number of fused-ring (bicyclic) bond motifs is 1. The van der Waals surface area contributed by atoms with Gasteiger partial charge in [-0.25, -0.2) is 4.98 Å². The maximum atomic E-state index is 10.6. The molecule has 0 saturated heterocycles. The van der Waals surface area contributed by atoms with Crippen molar-refractivity contribution >= 4 is 38.4 Å². The van der Waals surface area contributed by atoms with Crippen molar-refractivity contribution in [3.8, 4) is 5.75 Å². The monoisotopic (exact) mass is 421 g/mol. The van der Waals surface area contributed by atoms with Crippen molar-refractivity contribution in [2.24, 2.45) is 0 Å². The minimum atomic E-state index is -0.547. The number of hydrogen-bond acceptors (Lipinski definition) is 4. The van der Waals surface area contributed by atoms with Crippen LogP contribution in [0.5, 0.6) is 5.75 Å². The second kappa shape index (κ2) is 6.94. The average molecular weight is 423 g/mol. The molecule has 2 aromatic heterocycles. The molecule has 0 spiro atoms. The molecule has 1 aliphatic carbocycles. The number of halogens is 2. The lowest BCUT2D eigenvalue weighted by Crippen LogP contribution is -2.38. The Labute approximate surface area is 158 Å². The molecular formula is C18H17BrClN3O2. The Morgan fingerprint density at radius 3 is 2.80 bits per heavy atom. The number of pyridine rings is 1. The maximum Gasteiger partial charge on any atom is 0.137 e. The van der Waals surface area contributed by atoms with Gasteiger partial charge < -0.3 is 9.84 Å². The van der Waals surface area contributed by atoms with Crippen molar-refractivity contribution < 1.29 is 9.84 Å². The van der Waals surface area contributed by atoms with Crippen molar-refractivity contribution in [2.45, 2.75) is 37.5 Å². The lowest BCUT2D eigenvalue weighted by atomic mass is 9.90. The molecular weight excluding hydrogens is 406 g/mol. The van der Waals surface area contributed by atoms with Gasteiger partial charge in [-0.1, -0.05) is 29.8 Å². The molecule has 1 aliphatic rings. The highest BCUT2D eigenvalue weighted by Crippen LogP contribution is 2.35. The molecule has 0 radical (unpaired) electrons. The van der Waals surface area contributed by atoms with Gasteiger partial charge in [0.25, 0.3) is 0 Å². The quantitative estimate of drug-likeness (QED) is 0.636. The van der Waals surface area contributed by atoms with E-state index < -0.39 is 6.10 Å². The number of para-hydroxylation sites is 1. The molecule has 25 heavy (non-hydrogen) atoms. The molecule has 4 rings (SSSR count). The Kier molecular flexibility index (Phi) is 4.67. The van der Waals surface area contributed by atoms with Crippen LogP contribution in [-0.4, -0.2) is 32.1 Å². The summed E-state index contributed by atoms with van der Waals surface area (Å²) >= 11 is 9.52. The van der Waals surface area contributed by atoms with E-state index in [2.05, 4.69) is 26.0 Å². The molecule has 2 heterocycles. The lowest BCUT2D eigenvalue weighted by molar-refractivity contribution is -0.00953. The maximum absolute atomic E-state index is 10.6. The number of aliphatic hydroxyl groups excluding tert-OH is 1. The Balaban J connectivity index is 1.54. The molecule has 3 atom stereocenters. The fourth-order valence-electron chi connectivity index (χ4n) is 3.38. The van der Waals surface area contributed by atoms with Crippen LogP contribution in [-0.2, 0) is 0 Å². The summed E-state index contributed by atoms with van der Waals surface area (Å²) in [5, 5.41) is 16.5. The Hall–Kier alpha value is -1.63. The van der Waals surface area contributed by atoms with E-state index in [-0.39, 0.29) is 12.1 Å². The first-order valence-electron chi connectivity index (χ1n) is 8.21. The molecule has 130 valence electrons. The summed E-state index contributed by atoms with van der Waals surface area (Å²) in [5.41, 5.74) is 0.923. The van der Waals surface area contributed by atoms with Gasteiger partial charge in [0.2, 0.25) is 0 Å². The number of benzene rings is 1. The van der Waals surface area contributed by atoms with E-state index in [0.717, 1.165) is 34.1 Å². The third-order valence-corrected chi connectivity index (χ3v) is 5.41. The average Bonchev–Trinajstić information content (AvgIpc) is 2.94. The topological polar surface area (TPSA) is 60.2 Å². The van der Waals surface area contributed by atoms with Gasteiger partial charge in [-0.15, -0.1) is 0 Å². The van der Waals surface area contributed by atoms with Gasteiger partial charge in [0, 0.05) is 12.3 Å². The van der Waals surface area contributed by atoms with E-state index in [1.165, 1.54) is 0 Å². The summed E-state index contributed by atoms with van der Waals surface area (Å²) in [5.74, 6) is 0.787. The number of rotatable bonds is 3. The van der Waals surface area contributed by atoms with Crippen LogP contribution in [0.25, 0.3) is 10.9 Å². The van der Waals surface area contributed by atoms with Crippen molar-refractivity contribution in [3.63, 3.8) is 0 Å². The van der Waals surface area contributed by atoms with E-state index in [4.69, 9.17) is 16.3 Å². The molecule has 1 N–H and O–H groups in total. The van der Waals surface area contributed by atoms with Gasteiger partial charge >= 0.3 is 0 Å². The molecule has 3 aromatic rings. The number of ether oxygens (including phenoxy) is 1. The molecule has 1 saturated carbocycles. The van der Waals surface area contributed by atoms with Crippen molar-refractivity contribution in [2.75, 3.05) is 0 Å². The van der Waals surface area contributed by atoms with E-state index >= 15 is 0 Å². The van der Waals surface area contributed by atoms with Crippen molar-refractivity contribution in [1.82, 2.24) is 14.8 Å². The zero-order valence-corrected chi connectivity index (χ0v) is 15.7. The van der Waals surface area contributed by atoms with Gasteiger partial charge in [-0.3, -0.25) is 4.68 Å². The number of hydrogen-bond donors (Lipinski definition) is 1. The summed E-state index contributed by atoms with van der Waals surface area (Å²) in [7, 11) is 0. The van der Waals surface area contributed by atoms with Crippen LogP contribution in [0.3, 0.4) is 0 Å². The standard InChI is InChI=1S/C18H17BrClN3O2/c19-18-13-10-21-17(20)9-14(13)23(22-18)11-6-7-16(15(24)8-11)25-12-4-2-1-3-5-12/h1-5,9-11,15-16,24H,6-8H2/t11-,15+,16+/m1/s1. The van der Waals surface area contributed by atoms with Crippen molar-refractivity contribution in [3.05, 3.63) is 52.4 Å². The molecule has 1 fully saturated rings. The zero-order valence-electron chi connectivity index (χ0n) is 13.3. The highest BCUT2D eigenvalue weighted by Gasteiger charge is 2.33. The molecule has 0 bridgehead atoms. The van der Waals surface area contributed by atoms with E-state index in [1.54, 1.807) is 6.20 Å². The highest BCUT2D eigenvalue weighted by molar-refractivity contribution is 9.10. The Morgan fingerprint density at radius 2 is 2.04 bits per heavy atom. The van der Waals surface area contributed by atoms with Gasteiger partial charge in [-0.05, 0) is 47.3 Å². The first-order valence-corrected chi connectivity index (χ1v) is 9.38. The second-order valence-electron chi connectivity index (χ2n) is 6.26. The van der Waals surface area contributed by atoms with Crippen molar-refractivity contribution in [1.29, 1.82) is 0 Å². The predicted molar refractivity (Wildman–Crippen MR) is 100.0 cm³/mol. The van der Waals surface area contributed by atoms with E-state index in [0.29, 0.717) is 11.6 Å². The minimum Gasteiger partial charge on any atom is -0.488 e. The third-order valence-electron chi connectivity index (χ3n) is 4.62. The van der Waals surface area contributed by atoms with Crippen LogP contribution in [0, 0.1) is 0 Å². The summed E-state index contributed by atoms with van der Waals surface area (Å²) in [6, 6.07) is 11.5. The zero-order chi connectivity index (χ0) is 17.4. The van der Waals surface area contributed by atoms with Crippen LogP contribution in [0.2, 0.25) is 5.15 Å². The third kappa shape index (κ3) is 3.38. The van der Waals surface area contributed by atoms with Gasteiger partial charge in [0.05, 0.1) is 23.0 Å². The first kappa shape index (κ1) is 16.8. The SMILES string of the molecule is O[C@H]1C[C@H](n2nc(Br)c3cnc(Cl)cc32)CC[C@@H]1Oc1ccccc1. The predicted octanol–water partition coefficient (Wildman–Crippen LogP) is 4.38. The molecule has 0 unspecified atom stereocenters. The molecule has 5 nitrogen and oxygen atoms in total. The number of aromatic nitrogens is 3. The summed E-state index contributed by atoms with van der Waals surface area (Å²) in [6.45, 7) is 0. The van der Waals surface area contributed by atoms with Crippen LogP contribution in [0.4, 0.5) is 0 Å². The fraction of sp³-hybridized carbons (Fsp3) is 0.333. The fourth-order valence-corrected chi connectivity index (χ4v) is 4.01. The number of nitrogens with zero attached hydrogens (tertiary/aromatic N) is 3. The molecule has 0 amide bonds. The first-order chi connectivity index (χ1) is 12.1. The van der Waals surface area contributed by atoms with Gasteiger partial charge in [0.15, 0.2) is 0 Å². The highest BCUT2D eigenvalue weighted by atomic mass is 79.9. The van der Waals surface area contributed by atoms with E-state index in [9.17, 15) is 5.11 Å². The summed E-state index contributed by atoms with van der Waals surface area (Å²) in [6.07, 6.45) is 3.19. The second-order valence-corrected chi connectivity index (χ2v) is 7.40.